The number of amides is 1. The van der Waals surface area contributed by atoms with Gasteiger partial charge in [0.05, 0.1) is 17.1 Å². The molecule has 0 spiro atoms. The SMILES string of the molecule is O=C(COc1ccc(Cl)cc1)NCc1nnc(-c2ccccc2Cl)o1. The van der Waals surface area contributed by atoms with Gasteiger partial charge < -0.3 is 14.5 Å². The predicted molar refractivity (Wildman–Crippen MR) is 93.5 cm³/mol. The first-order valence-electron chi connectivity index (χ1n) is 7.34. The van der Waals surface area contributed by atoms with Crippen LogP contribution in [0.1, 0.15) is 5.89 Å². The van der Waals surface area contributed by atoms with Gasteiger partial charge in [0.1, 0.15) is 5.75 Å². The molecule has 1 aromatic heterocycles. The Morgan fingerprint density at radius 2 is 1.84 bits per heavy atom. The number of carbonyl (C=O) groups excluding carboxylic acids is 1. The summed E-state index contributed by atoms with van der Waals surface area (Å²) in [5, 5.41) is 11.6. The minimum absolute atomic E-state index is 0.0975. The predicted octanol–water partition coefficient (Wildman–Crippen LogP) is 3.74. The number of nitrogens with one attached hydrogen (secondary N) is 1. The van der Waals surface area contributed by atoms with Gasteiger partial charge in [-0.15, -0.1) is 10.2 Å². The van der Waals surface area contributed by atoms with Gasteiger partial charge in [0.2, 0.25) is 11.8 Å². The molecule has 0 atom stereocenters. The maximum atomic E-state index is 11.8. The molecule has 0 aliphatic rings. The van der Waals surface area contributed by atoms with Crippen LogP contribution in [0.3, 0.4) is 0 Å². The van der Waals surface area contributed by atoms with Crippen molar-refractivity contribution in [3.05, 3.63) is 64.5 Å². The van der Waals surface area contributed by atoms with Crippen LogP contribution in [-0.4, -0.2) is 22.7 Å². The van der Waals surface area contributed by atoms with Crippen LogP contribution in [0.4, 0.5) is 0 Å². The molecule has 3 rings (SSSR count). The smallest absolute Gasteiger partial charge is 0.258 e. The van der Waals surface area contributed by atoms with Crippen molar-refractivity contribution in [2.75, 3.05) is 6.61 Å². The van der Waals surface area contributed by atoms with E-state index in [-0.39, 0.29) is 24.9 Å². The Hall–Kier alpha value is -2.57. The highest BCUT2D eigenvalue weighted by atomic mass is 35.5. The molecule has 0 unspecified atom stereocenters. The van der Waals surface area contributed by atoms with E-state index in [1.165, 1.54) is 0 Å². The molecule has 0 fully saturated rings. The zero-order valence-corrected chi connectivity index (χ0v) is 14.4. The van der Waals surface area contributed by atoms with Gasteiger partial charge in [0.15, 0.2) is 6.61 Å². The number of benzene rings is 2. The summed E-state index contributed by atoms with van der Waals surface area (Å²) in [5.74, 6) is 0.813. The van der Waals surface area contributed by atoms with E-state index in [1.54, 1.807) is 36.4 Å². The summed E-state index contributed by atoms with van der Waals surface area (Å²) in [6.07, 6.45) is 0. The largest absolute Gasteiger partial charge is 0.484 e. The van der Waals surface area contributed by atoms with Crippen LogP contribution in [-0.2, 0) is 11.3 Å². The maximum absolute atomic E-state index is 11.8. The van der Waals surface area contributed by atoms with Gasteiger partial charge in [-0.1, -0.05) is 35.3 Å². The van der Waals surface area contributed by atoms with E-state index in [0.717, 1.165) is 0 Å². The summed E-state index contributed by atoms with van der Waals surface area (Å²) < 4.78 is 10.8. The third-order valence-electron chi connectivity index (χ3n) is 3.19. The lowest BCUT2D eigenvalue weighted by molar-refractivity contribution is -0.123. The second-order valence-electron chi connectivity index (χ2n) is 5.00. The molecule has 1 amide bonds. The first-order valence-corrected chi connectivity index (χ1v) is 8.10. The second-order valence-corrected chi connectivity index (χ2v) is 5.84. The van der Waals surface area contributed by atoms with E-state index in [1.807, 2.05) is 12.1 Å². The molecule has 1 heterocycles. The average Bonchev–Trinajstić information content (AvgIpc) is 3.08. The minimum atomic E-state index is -0.313. The first-order chi connectivity index (χ1) is 12.1. The van der Waals surface area contributed by atoms with Gasteiger partial charge in [-0.2, -0.15) is 0 Å². The van der Waals surface area contributed by atoms with Crippen molar-refractivity contribution in [1.82, 2.24) is 15.5 Å². The molecule has 0 aliphatic heterocycles. The Kier molecular flexibility index (Phi) is 5.53. The van der Waals surface area contributed by atoms with E-state index < -0.39 is 0 Å². The lowest BCUT2D eigenvalue weighted by Crippen LogP contribution is -2.28. The van der Waals surface area contributed by atoms with Crippen molar-refractivity contribution in [2.24, 2.45) is 0 Å². The number of aromatic nitrogens is 2. The number of hydrogen-bond donors (Lipinski definition) is 1. The van der Waals surface area contributed by atoms with E-state index >= 15 is 0 Å². The molecule has 0 bridgehead atoms. The Bertz CT molecular complexity index is 866. The van der Waals surface area contributed by atoms with Gasteiger partial charge in [-0.05, 0) is 36.4 Å². The topological polar surface area (TPSA) is 77.2 Å². The molecule has 8 heteroatoms. The van der Waals surface area contributed by atoms with E-state index in [9.17, 15) is 4.79 Å². The normalized spacial score (nSPS) is 10.5. The van der Waals surface area contributed by atoms with Crippen LogP contribution in [0.15, 0.2) is 52.9 Å². The standard InChI is InChI=1S/C17H13Cl2N3O3/c18-11-5-7-12(8-6-11)24-10-15(23)20-9-16-21-22-17(25-16)13-3-1-2-4-14(13)19/h1-8H,9-10H2,(H,20,23). The quantitative estimate of drug-likeness (QED) is 0.707. The highest BCUT2D eigenvalue weighted by Gasteiger charge is 2.12. The number of nitrogens with zero attached hydrogens (tertiary/aromatic N) is 2. The Labute approximate surface area is 153 Å². The molecule has 2 aromatic carbocycles. The van der Waals surface area contributed by atoms with Gasteiger partial charge in [0.25, 0.3) is 5.91 Å². The fourth-order valence-electron chi connectivity index (χ4n) is 1.97. The zero-order valence-electron chi connectivity index (χ0n) is 12.9. The molecule has 6 nitrogen and oxygen atoms in total. The van der Waals surface area contributed by atoms with Crippen molar-refractivity contribution in [3.8, 4) is 17.2 Å². The molecule has 0 saturated heterocycles. The van der Waals surface area contributed by atoms with E-state index in [2.05, 4.69) is 15.5 Å². The molecular formula is C17H13Cl2N3O3. The summed E-state index contributed by atoms with van der Waals surface area (Å²) in [4.78, 5) is 11.8. The first kappa shape index (κ1) is 17.3. The van der Waals surface area contributed by atoms with E-state index in [4.69, 9.17) is 32.4 Å². The number of rotatable bonds is 6. The van der Waals surface area contributed by atoms with Crippen LogP contribution in [0.5, 0.6) is 5.75 Å². The molecule has 0 radical (unpaired) electrons. The van der Waals surface area contributed by atoms with Gasteiger partial charge in [-0.3, -0.25) is 4.79 Å². The van der Waals surface area contributed by atoms with Gasteiger partial charge in [0, 0.05) is 5.02 Å². The second kappa shape index (κ2) is 8.00. The molecule has 25 heavy (non-hydrogen) atoms. The van der Waals surface area contributed by atoms with Crippen LogP contribution < -0.4 is 10.1 Å². The summed E-state index contributed by atoms with van der Waals surface area (Å²) in [6.45, 7) is -0.0343. The summed E-state index contributed by atoms with van der Waals surface area (Å²) >= 11 is 11.9. The Balaban J connectivity index is 1.51. The fourth-order valence-corrected chi connectivity index (χ4v) is 2.32. The van der Waals surface area contributed by atoms with Crippen molar-refractivity contribution < 1.29 is 13.9 Å². The fraction of sp³-hybridized carbons (Fsp3) is 0.118. The van der Waals surface area contributed by atoms with Crippen LogP contribution >= 0.6 is 23.2 Å². The number of hydrogen-bond acceptors (Lipinski definition) is 5. The Morgan fingerprint density at radius 3 is 2.60 bits per heavy atom. The summed E-state index contributed by atoms with van der Waals surface area (Å²) in [7, 11) is 0. The summed E-state index contributed by atoms with van der Waals surface area (Å²) in [5.41, 5.74) is 0.639. The monoisotopic (exact) mass is 377 g/mol. The molecule has 0 aliphatic carbocycles. The van der Waals surface area contributed by atoms with E-state index in [0.29, 0.717) is 27.2 Å². The molecule has 1 N–H and O–H groups in total. The van der Waals surface area contributed by atoms with Crippen LogP contribution in [0.2, 0.25) is 10.0 Å². The molecule has 3 aromatic rings. The van der Waals surface area contributed by atoms with Crippen LogP contribution in [0, 0.1) is 0 Å². The van der Waals surface area contributed by atoms with Crippen molar-refractivity contribution >= 4 is 29.1 Å². The third kappa shape index (κ3) is 4.71. The minimum Gasteiger partial charge on any atom is -0.484 e. The van der Waals surface area contributed by atoms with Crippen molar-refractivity contribution in [3.63, 3.8) is 0 Å². The lowest BCUT2D eigenvalue weighted by Gasteiger charge is -2.06. The third-order valence-corrected chi connectivity index (χ3v) is 3.77. The summed E-state index contributed by atoms with van der Waals surface area (Å²) in [6, 6.07) is 13.9. The number of carbonyl (C=O) groups is 1. The van der Waals surface area contributed by atoms with Crippen molar-refractivity contribution in [1.29, 1.82) is 0 Å². The highest BCUT2D eigenvalue weighted by molar-refractivity contribution is 6.33. The average molecular weight is 378 g/mol. The number of halogens is 2. The van der Waals surface area contributed by atoms with Gasteiger partial charge in [-0.25, -0.2) is 0 Å². The highest BCUT2D eigenvalue weighted by Crippen LogP contribution is 2.26. The Morgan fingerprint density at radius 1 is 1.08 bits per heavy atom. The van der Waals surface area contributed by atoms with Crippen molar-refractivity contribution in [2.45, 2.75) is 6.54 Å². The molecular weight excluding hydrogens is 365 g/mol. The maximum Gasteiger partial charge on any atom is 0.258 e. The number of ether oxygens (including phenoxy) is 1. The zero-order chi connectivity index (χ0) is 17.6. The molecule has 0 saturated carbocycles. The van der Waals surface area contributed by atoms with Gasteiger partial charge >= 0.3 is 0 Å². The van der Waals surface area contributed by atoms with Crippen LogP contribution in [0.25, 0.3) is 11.5 Å². The lowest BCUT2D eigenvalue weighted by atomic mass is 10.2. The molecule has 128 valence electrons.